The lowest BCUT2D eigenvalue weighted by Gasteiger charge is -2.19. The molecule has 1 rings (SSSR count). The van der Waals surface area contributed by atoms with Crippen molar-refractivity contribution >= 4 is 18.1 Å². The molecule has 0 heterocycles. The Bertz CT molecular complexity index is 605. The molecule has 0 fully saturated rings. The minimum atomic E-state index is -4.24. The summed E-state index contributed by atoms with van der Waals surface area (Å²) in [7, 11) is 1.50. The standard InChI is InChI=1S/C10H9F3.C8H16N2O3.C2H6/c1-2-3-8-4-6-9(7-5-8)10(11,12)13;1-8(2,3)13-7(12)10-5-6(11)9-4;1-2/h2-7H,1H3;5H2,1-4H3,(H,9,11)(H,10,12);1-2H3/b3-2+;;. The van der Waals surface area contributed by atoms with Crippen molar-refractivity contribution in [3.05, 3.63) is 41.5 Å². The first-order chi connectivity index (χ1) is 12.9. The quantitative estimate of drug-likeness (QED) is 0.743. The predicted molar refractivity (Wildman–Crippen MR) is 106 cm³/mol. The second-order valence-electron chi connectivity index (χ2n) is 6.15. The molecule has 28 heavy (non-hydrogen) atoms. The smallest absolute Gasteiger partial charge is 0.416 e. The molecule has 1 aromatic rings. The second kappa shape index (κ2) is 13.6. The largest absolute Gasteiger partial charge is 0.444 e. The third-order valence-electron chi connectivity index (χ3n) is 2.67. The molecule has 0 atom stereocenters. The maximum Gasteiger partial charge on any atom is 0.416 e. The van der Waals surface area contributed by atoms with Crippen LogP contribution >= 0.6 is 0 Å². The zero-order valence-corrected chi connectivity index (χ0v) is 17.5. The molecule has 8 heteroatoms. The highest BCUT2D eigenvalue weighted by molar-refractivity contribution is 5.81. The van der Waals surface area contributed by atoms with Gasteiger partial charge in [-0.15, -0.1) is 0 Å². The Morgan fingerprint density at radius 1 is 1.07 bits per heavy atom. The predicted octanol–water partition coefficient (Wildman–Crippen LogP) is 5.02. The van der Waals surface area contributed by atoms with Gasteiger partial charge in [-0.1, -0.05) is 38.1 Å². The van der Waals surface area contributed by atoms with Crippen LogP contribution < -0.4 is 10.6 Å². The third-order valence-corrected chi connectivity index (χ3v) is 2.67. The molecule has 0 aromatic heterocycles. The molecular formula is C20H31F3N2O3. The van der Waals surface area contributed by atoms with Crippen LogP contribution in [0.3, 0.4) is 0 Å². The first-order valence-electron chi connectivity index (χ1n) is 8.86. The van der Waals surface area contributed by atoms with Crippen molar-refractivity contribution in [1.29, 1.82) is 0 Å². The van der Waals surface area contributed by atoms with Gasteiger partial charge in [-0.05, 0) is 45.4 Å². The molecule has 0 bridgehead atoms. The van der Waals surface area contributed by atoms with Crippen LogP contribution in [0.1, 0.15) is 52.7 Å². The third kappa shape index (κ3) is 14.6. The van der Waals surface area contributed by atoms with Crippen LogP contribution in [0, 0.1) is 0 Å². The first-order valence-corrected chi connectivity index (χ1v) is 8.86. The van der Waals surface area contributed by atoms with Crippen LogP contribution in [0.25, 0.3) is 6.08 Å². The Labute approximate surface area is 165 Å². The fourth-order valence-corrected chi connectivity index (χ4v) is 1.53. The highest BCUT2D eigenvalue weighted by Gasteiger charge is 2.29. The van der Waals surface area contributed by atoms with Gasteiger partial charge < -0.3 is 15.4 Å². The van der Waals surface area contributed by atoms with Crippen molar-refractivity contribution in [2.24, 2.45) is 0 Å². The average Bonchev–Trinajstić information content (AvgIpc) is 2.60. The van der Waals surface area contributed by atoms with Crippen LogP contribution in [0.15, 0.2) is 30.3 Å². The van der Waals surface area contributed by atoms with Crippen LogP contribution in [-0.2, 0) is 15.7 Å². The molecule has 2 N–H and O–H groups in total. The number of alkyl halides is 3. The number of benzene rings is 1. The van der Waals surface area contributed by atoms with E-state index in [1.54, 1.807) is 32.9 Å². The molecule has 0 spiro atoms. The van der Waals surface area contributed by atoms with E-state index in [1.807, 2.05) is 20.8 Å². The maximum atomic E-state index is 12.1. The number of hydrogen-bond donors (Lipinski definition) is 2. The summed E-state index contributed by atoms with van der Waals surface area (Å²) in [5.41, 5.74) is -0.372. The number of carbonyl (C=O) groups is 2. The van der Waals surface area contributed by atoms with E-state index in [0.717, 1.165) is 17.7 Å². The van der Waals surface area contributed by atoms with Crippen LogP contribution in [0.4, 0.5) is 18.0 Å². The lowest BCUT2D eigenvalue weighted by atomic mass is 10.1. The van der Waals surface area contributed by atoms with E-state index in [1.165, 1.54) is 19.2 Å². The van der Waals surface area contributed by atoms with E-state index >= 15 is 0 Å². The molecule has 5 nitrogen and oxygen atoms in total. The van der Waals surface area contributed by atoms with Crippen LogP contribution in [-0.4, -0.2) is 31.2 Å². The summed E-state index contributed by atoms with van der Waals surface area (Å²) in [6.45, 7) is 11.0. The highest BCUT2D eigenvalue weighted by Crippen LogP contribution is 2.29. The lowest BCUT2D eigenvalue weighted by Crippen LogP contribution is -2.38. The molecule has 1 aromatic carbocycles. The zero-order valence-electron chi connectivity index (χ0n) is 17.5. The van der Waals surface area contributed by atoms with Crippen molar-refractivity contribution in [2.45, 2.75) is 53.3 Å². The fourth-order valence-electron chi connectivity index (χ4n) is 1.53. The molecule has 0 radical (unpaired) electrons. The first kappa shape index (κ1) is 27.7. The number of carbonyl (C=O) groups excluding carboxylic acids is 2. The average molecular weight is 404 g/mol. The van der Waals surface area contributed by atoms with Gasteiger partial charge in [-0.3, -0.25) is 4.79 Å². The van der Waals surface area contributed by atoms with Crippen molar-refractivity contribution in [3.8, 4) is 0 Å². The van der Waals surface area contributed by atoms with E-state index in [9.17, 15) is 22.8 Å². The number of alkyl carbamates (subject to hydrolysis) is 1. The highest BCUT2D eigenvalue weighted by atomic mass is 19.4. The summed E-state index contributed by atoms with van der Waals surface area (Å²) in [5.74, 6) is -0.258. The number of hydrogen-bond acceptors (Lipinski definition) is 3. The van der Waals surface area contributed by atoms with E-state index in [0.29, 0.717) is 0 Å². The summed E-state index contributed by atoms with van der Waals surface area (Å²) in [5, 5.41) is 4.69. The molecule has 0 aliphatic carbocycles. The van der Waals surface area contributed by atoms with Gasteiger partial charge in [0.05, 0.1) is 12.1 Å². The molecule has 0 saturated carbocycles. The van der Waals surface area contributed by atoms with Crippen molar-refractivity contribution in [3.63, 3.8) is 0 Å². The molecule has 0 unspecified atom stereocenters. The van der Waals surface area contributed by atoms with Crippen LogP contribution in [0.5, 0.6) is 0 Å². The minimum Gasteiger partial charge on any atom is -0.444 e. The van der Waals surface area contributed by atoms with E-state index < -0.39 is 23.4 Å². The Morgan fingerprint density at radius 3 is 1.93 bits per heavy atom. The summed E-state index contributed by atoms with van der Waals surface area (Å²) < 4.78 is 41.2. The Kier molecular flexibility index (Phi) is 13.5. The molecule has 0 aliphatic heterocycles. The monoisotopic (exact) mass is 404 g/mol. The topological polar surface area (TPSA) is 67.4 Å². The van der Waals surface area contributed by atoms with Crippen LogP contribution in [0.2, 0.25) is 0 Å². The van der Waals surface area contributed by atoms with Gasteiger partial charge >= 0.3 is 12.3 Å². The Hall–Kier alpha value is -2.51. The Balaban J connectivity index is 0. The number of nitrogens with one attached hydrogen (secondary N) is 2. The van der Waals surface area contributed by atoms with Gasteiger partial charge in [0.2, 0.25) is 5.91 Å². The van der Waals surface area contributed by atoms with Gasteiger partial charge in [-0.2, -0.15) is 13.2 Å². The molecule has 0 aliphatic rings. The SMILES string of the molecule is C/C=C/c1ccc(C(F)(F)F)cc1.CC.CNC(=O)CNC(=O)OC(C)(C)C. The zero-order chi connectivity index (χ0) is 22.4. The number of rotatable bonds is 3. The van der Waals surface area contributed by atoms with E-state index in [2.05, 4.69) is 10.6 Å². The number of amides is 2. The summed E-state index contributed by atoms with van der Waals surface area (Å²) in [4.78, 5) is 21.7. The summed E-state index contributed by atoms with van der Waals surface area (Å²) in [6, 6.07) is 5.05. The second-order valence-corrected chi connectivity index (χ2v) is 6.15. The fraction of sp³-hybridized carbons (Fsp3) is 0.500. The molecule has 160 valence electrons. The number of ether oxygens (including phenoxy) is 1. The maximum absolute atomic E-state index is 12.1. The summed E-state index contributed by atoms with van der Waals surface area (Å²) >= 11 is 0. The normalized spacial score (nSPS) is 10.8. The van der Waals surface area contributed by atoms with E-state index in [-0.39, 0.29) is 12.5 Å². The van der Waals surface area contributed by atoms with Gasteiger partial charge in [-0.25, -0.2) is 4.79 Å². The van der Waals surface area contributed by atoms with Gasteiger partial charge in [0.15, 0.2) is 0 Å². The summed E-state index contributed by atoms with van der Waals surface area (Å²) in [6.07, 6.45) is -1.30. The lowest BCUT2D eigenvalue weighted by molar-refractivity contribution is -0.137. The Morgan fingerprint density at radius 2 is 1.57 bits per heavy atom. The van der Waals surface area contributed by atoms with Crippen molar-refractivity contribution < 1.29 is 27.5 Å². The van der Waals surface area contributed by atoms with Gasteiger partial charge in [0.1, 0.15) is 5.60 Å². The number of allylic oxidation sites excluding steroid dienone is 1. The van der Waals surface area contributed by atoms with Crippen molar-refractivity contribution in [2.75, 3.05) is 13.6 Å². The minimum absolute atomic E-state index is 0.0641. The molecule has 2 amide bonds. The van der Waals surface area contributed by atoms with Crippen molar-refractivity contribution in [1.82, 2.24) is 10.6 Å². The van der Waals surface area contributed by atoms with E-state index in [4.69, 9.17) is 4.74 Å². The molecule has 0 saturated heterocycles. The number of likely N-dealkylation sites (N-methyl/N-ethyl adjacent to an activating group) is 1. The number of halogens is 3. The van der Waals surface area contributed by atoms with Gasteiger partial charge in [0, 0.05) is 7.05 Å². The van der Waals surface area contributed by atoms with Gasteiger partial charge in [0.25, 0.3) is 0 Å². The molecular weight excluding hydrogens is 373 g/mol.